The monoisotopic (exact) mass is 299 g/mol. The molecule has 112 valence electrons. The maximum absolute atomic E-state index is 11.5. The van der Waals surface area contributed by atoms with Crippen LogP contribution in [-0.2, 0) is 9.84 Å². The van der Waals surface area contributed by atoms with Crippen molar-refractivity contribution in [1.29, 1.82) is 0 Å². The fourth-order valence-corrected chi connectivity index (χ4v) is 4.41. The first-order chi connectivity index (χ1) is 9.39. The van der Waals surface area contributed by atoms with E-state index >= 15 is 0 Å². The van der Waals surface area contributed by atoms with Gasteiger partial charge in [-0.3, -0.25) is 0 Å². The fourth-order valence-electron chi connectivity index (χ4n) is 2.28. The van der Waals surface area contributed by atoms with Crippen molar-refractivity contribution < 1.29 is 18.3 Å². The lowest BCUT2D eigenvalue weighted by atomic mass is 10.0. The number of ether oxygens (including phenoxy) is 1. The molecule has 0 bridgehead atoms. The molecule has 5 nitrogen and oxygen atoms in total. The Morgan fingerprint density at radius 2 is 2.10 bits per heavy atom. The summed E-state index contributed by atoms with van der Waals surface area (Å²) in [6.45, 7) is 2.38. The van der Waals surface area contributed by atoms with E-state index in [2.05, 4.69) is 5.32 Å². The molecule has 6 heteroatoms. The summed E-state index contributed by atoms with van der Waals surface area (Å²) in [7, 11) is -2.93. The van der Waals surface area contributed by atoms with E-state index in [9.17, 15) is 13.5 Å². The van der Waals surface area contributed by atoms with Gasteiger partial charge in [0.2, 0.25) is 0 Å². The molecule has 0 aliphatic carbocycles. The highest BCUT2D eigenvalue weighted by Gasteiger charge is 2.38. The number of aliphatic hydroxyl groups is 1. The van der Waals surface area contributed by atoms with E-state index < -0.39 is 21.5 Å². The highest BCUT2D eigenvalue weighted by molar-refractivity contribution is 7.91. The van der Waals surface area contributed by atoms with Gasteiger partial charge in [0.1, 0.15) is 18.5 Å². The van der Waals surface area contributed by atoms with Crippen LogP contribution >= 0.6 is 0 Å². The molecule has 0 spiro atoms. The van der Waals surface area contributed by atoms with Crippen LogP contribution in [0.3, 0.4) is 0 Å². The molecule has 0 saturated carbocycles. The summed E-state index contributed by atoms with van der Waals surface area (Å²) in [6, 6.07) is 9.27. The molecule has 1 fully saturated rings. The van der Waals surface area contributed by atoms with Crippen molar-refractivity contribution in [1.82, 2.24) is 5.32 Å². The van der Waals surface area contributed by atoms with Crippen LogP contribution in [0.25, 0.3) is 0 Å². The van der Waals surface area contributed by atoms with Gasteiger partial charge in [0.15, 0.2) is 9.84 Å². The molecule has 1 aromatic carbocycles. The third kappa shape index (κ3) is 4.47. The smallest absolute Gasteiger partial charge is 0.152 e. The van der Waals surface area contributed by atoms with Crippen molar-refractivity contribution in [3.05, 3.63) is 30.3 Å². The summed E-state index contributed by atoms with van der Waals surface area (Å²) >= 11 is 0. The van der Waals surface area contributed by atoms with Gasteiger partial charge in [-0.25, -0.2) is 8.42 Å². The Kier molecular flexibility index (Phi) is 4.67. The Morgan fingerprint density at radius 1 is 1.40 bits per heavy atom. The molecule has 0 amide bonds. The van der Waals surface area contributed by atoms with Crippen LogP contribution < -0.4 is 10.1 Å². The van der Waals surface area contributed by atoms with Gasteiger partial charge in [-0.1, -0.05) is 18.2 Å². The second-order valence-corrected chi connectivity index (χ2v) is 7.75. The summed E-state index contributed by atoms with van der Waals surface area (Å²) < 4.78 is 28.4. The van der Waals surface area contributed by atoms with Gasteiger partial charge in [0, 0.05) is 12.1 Å². The molecule has 1 heterocycles. The van der Waals surface area contributed by atoms with Crippen molar-refractivity contribution in [3.8, 4) is 5.75 Å². The van der Waals surface area contributed by atoms with Crippen LogP contribution in [0.4, 0.5) is 0 Å². The van der Waals surface area contributed by atoms with Crippen molar-refractivity contribution in [2.24, 2.45) is 0 Å². The molecule has 0 unspecified atom stereocenters. The third-order valence-corrected chi connectivity index (χ3v) is 5.36. The van der Waals surface area contributed by atoms with E-state index in [0.717, 1.165) is 0 Å². The fraction of sp³-hybridized carbons (Fsp3) is 0.571. The minimum atomic E-state index is -2.93. The van der Waals surface area contributed by atoms with Crippen LogP contribution in [0.1, 0.15) is 13.3 Å². The number of β-amino-alcohol motifs (C(OH)–C–C–N with tert-alkyl or cyclic N) is 1. The largest absolute Gasteiger partial charge is 0.491 e. The van der Waals surface area contributed by atoms with Gasteiger partial charge in [-0.2, -0.15) is 0 Å². The van der Waals surface area contributed by atoms with Crippen LogP contribution in [-0.4, -0.2) is 49.8 Å². The lowest BCUT2D eigenvalue weighted by Gasteiger charge is -2.25. The SMILES string of the molecule is C[C@@]1(NC[C@H](O)COc2ccccc2)CCS(=O)(=O)C1. The molecule has 1 saturated heterocycles. The van der Waals surface area contributed by atoms with Crippen LogP contribution in [0.15, 0.2) is 30.3 Å². The van der Waals surface area contributed by atoms with Crippen LogP contribution in [0.5, 0.6) is 5.75 Å². The minimum absolute atomic E-state index is 0.131. The molecular formula is C14H21NO4S. The number of nitrogens with one attached hydrogen (secondary N) is 1. The molecule has 1 aliphatic heterocycles. The zero-order chi connectivity index (χ0) is 14.6. The molecule has 0 radical (unpaired) electrons. The second kappa shape index (κ2) is 6.11. The summed E-state index contributed by atoms with van der Waals surface area (Å²) in [5, 5.41) is 13.0. The normalized spacial score (nSPS) is 26.3. The van der Waals surface area contributed by atoms with Crippen LogP contribution in [0.2, 0.25) is 0 Å². The van der Waals surface area contributed by atoms with Gasteiger partial charge in [-0.05, 0) is 25.5 Å². The topological polar surface area (TPSA) is 75.6 Å². The zero-order valence-corrected chi connectivity index (χ0v) is 12.4. The molecule has 1 aliphatic rings. The Bertz CT molecular complexity index is 531. The zero-order valence-electron chi connectivity index (χ0n) is 11.6. The first kappa shape index (κ1) is 15.3. The summed E-state index contributed by atoms with van der Waals surface area (Å²) in [4.78, 5) is 0. The number of hydrogen-bond acceptors (Lipinski definition) is 5. The van der Waals surface area contributed by atoms with Gasteiger partial charge >= 0.3 is 0 Å². The van der Waals surface area contributed by atoms with Crippen molar-refractivity contribution in [2.45, 2.75) is 25.0 Å². The first-order valence-corrected chi connectivity index (χ1v) is 8.52. The number of hydrogen-bond donors (Lipinski definition) is 2. The predicted octanol–water partition coefficient (Wildman–Crippen LogP) is 0.593. The number of aliphatic hydroxyl groups excluding tert-OH is 1. The molecule has 2 atom stereocenters. The Hall–Kier alpha value is -1.11. The first-order valence-electron chi connectivity index (χ1n) is 6.70. The van der Waals surface area contributed by atoms with Crippen molar-refractivity contribution >= 4 is 9.84 Å². The number of rotatable bonds is 6. The number of sulfone groups is 1. The molecule has 2 N–H and O–H groups in total. The van der Waals surface area contributed by atoms with Crippen LogP contribution in [0, 0.1) is 0 Å². The molecular weight excluding hydrogens is 278 g/mol. The maximum Gasteiger partial charge on any atom is 0.152 e. The summed E-state index contributed by atoms with van der Waals surface area (Å²) in [6.07, 6.45) is -0.0861. The molecule has 1 aromatic rings. The lowest BCUT2D eigenvalue weighted by molar-refractivity contribution is 0.0993. The average Bonchev–Trinajstić information content (AvgIpc) is 2.70. The second-order valence-electron chi connectivity index (χ2n) is 5.56. The van der Waals surface area contributed by atoms with E-state index in [1.165, 1.54) is 0 Å². The minimum Gasteiger partial charge on any atom is -0.491 e. The van der Waals surface area contributed by atoms with E-state index in [0.29, 0.717) is 18.7 Å². The summed E-state index contributed by atoms with van der Waals surface area (Å²) in [5.41, 5.74) is -0.438. The van der Waals surface area contributed by atoms with Gasteiger partial charge in [0.05, 0.1) is 11.5 Å². The highest BCUT2D eigenvalue weighted by Crippen LogP contribution is 2.22. The molecule has 0 aromatic heterocycles. The highest BCUT2D eigenvalue weighted by atomic mass is 32.2. The van der Waals surface area contributed by atoms with E-state index in [1.54, 1.807) is 0 Å². The number of benzene rings is 1. The molecule has 2 rings (SSSR count). The molecule has 20 heavy (non-hydrogen) atoms. The number of para-hydroxylation sites is 1. The van der Waals surface area contributed by atoms with Gasteiger partial charge in [0.25, 0.3) is 0 Å². The van der Waals surface area contributed by atoms with Crippen molar-refractivity contribution in [3.63, 3.8) is 0 Å². The van der Waals surface area contributed by atoms with Gasteiger partial charge < -0.3 is 15.2 Å². The van der Waals surface area contributed by atoms with E-state index in [1.807, 2.05) is 37.3 Å². The van der Waals surface area contributed by atoms with E-state index in [4.69, 9.17) is 4.74 Å². The average molecular weight is 299 g/mol. The van der Waals surface area contributed by atoms with Gasteiger partial charge in [-0.15, -0.1) is 0 Å². The Balaban J connectivity index is 1.74. The summed E-state index contributed by atoms with van der Waals surface area (Å²) in [5.74, 6) is 1.06. The quantitative estimate of drug-likeness (QED) is 0.804. The lowest BCUT2D eigenvalue weighted by Crippen LogP contribution is -2.47. The maximum atomic E-state index is 11.5. The Morgan fingerprint density at radius 3 is 2.70 bits per heavy atom. The Labute approximate surface area is 119 Å². The van der Waals surface area contributed by atoms with Crippen molar-refractivity contribution in [2.75, 3.05) is 24.7 Å². The van der Waals surface area contributed by atoms with E-state index in [-0.39, 0.29) is 18.1 Å². The standard InChI is InChI=1S/C14H21NO4S/c1-14(7-8-20(17,18)11-14)15-9-12(16)10-19-13-5-3-2-4-6-13/h2-6,12,15-16H,7-11H2,1H3/t12-,14+/m0/s1. The predicted molar refractivity (Wildman–Crippen MR) is 77.6 cm³/mol. The third-order valence-electron chi connectivity index (χ3n) is 3.45.